The molecule has 4 heteroatoms. The first kappa shape index (κ1) is 15.6. The largest absolute Gasteiger partial charge is 0.325 e. The highest BCUT2D eigenvalue weighted by molar-refractivity contribution is 7.98. The third-order valence-corrected chi connectivity index (χ3v) is 3.99. The number of hydrogen-bond donors (Lipinski definition) is 2. The summed E-state index contributed by atoms with van der Waals surface area (Å²) in [6.07, 6.45) is 3.45. The van der Waals surface area contributed by atoms with E-state index in [-0.39, 0.29) is 5.91 Å². The maximum atomic E-state index is 12.1. The van der Waals surface area contributed by atoms with Gasteiger partial charge >= 0.3 is 0 Å². The zero-order valence-corrected chi connectivity index (χ0v) is 12.9. The second-order valence-electron chi connectivity index (χ2n) is 4.85. The van der Waals surface area contributed by atoms with Gasteiger partial charge in [0.1, 0.15) is 0 Å². The molecule has 0 heterocycles. The molecule has 0 spiro atoms. The van der Waals surface area contributed by atoms with Crippen LogP contribution in [0.2, 0.25) is 0 Å². The van der Waals surface area contributed by atoms with Gasteiger partial charge in [-0.3, -0.25) is 4.79 Å². The van der Waals surface area contributed by atoms with Crippen LogP contribution in [0.25, 0.3) is 0 Å². The van der Waals surface area contributed by atoms with E-state index >= 15 is 0 Å². The number of thioether (sulfide) groups is 1. The lowest BCUT2D eigenvalue weighted by Gasteiger charge is -2.12. The van der Waals surface area contributed by atoms with Gasteiger partial charge in [-0.1, -0.05) is 36.4 Å². The summed E-state index contributed by atoms with van der Waals surface area (Å²) in [5.74, 6) is -0.135. The monoisotopic (exact) mass is 300 g/mol. The zero-order chi connectivity index (χ0) is 15.1. The van der Waals surface area contributed by atoms with Crippen LogP contribution in [0, 0.1) is 0 Å². The molecule has 0 fully saturated rings. The van der Waals surface area contributed by atoms with Gasteiger partial charge in [0.05, 0.1) is 6.04 Å². The normalized spacial score (nSPS) is 11.9. The second-order valence-corrected chi connectivity index (χ2v) is 5.73. The quantitative estimate of drug-likeness (QED) is 0.805. The van der Waals surface area contributed by atoms with Crippen LogP contribution in [0.15, 0.2) is 59.5 Å². The number of benzene rings is 2. The van der Waals surface area contributed by atoms with Gasteiger partial charge in [0.2, 0.25) is 5.91 Å². The van der Waals surface area contributed by atoms with Gasteiger partial charge in [-0.15, -0.1) is 11.8 Å². The molecule has 0 aliphatic carbocycles. The molecule has 0 aliphatic rings. The molecule has 110 valence electrons. The molecule has 3 nitrogen and oxygen atoms in total. The van der Waals surface area contributed by atoms with Crippen LogP contribution in [-0.4, -0.2) is 18.2 Å². The number of carbonyl (C=O) groups is 1. The molecule has 0 bridgehead atoms. The van der Waals surface area contributed by atoms with Gasteiger partial charge in [-0.25, -0.2) is 0 Å². The van der Waals surface area contributed by atoms with E-state index < -0.39 is 6.04 Å². The molecule has 2 aromatic carbocycles. The predicted octanol–water partition coefficient (Wildman–Crippen LogP) is 3.31. The van der Waals surface area contributed by atoms with Crippen LogP contribution in [0.3, 0.4) is 0 Å². The molecule has 2 rings (SSSR count). The third-order valence-electron chi connectivity index (χ3n) is 3.26. The van der Waals surface area contributed by atoms with E-state index in [9.17, 15) is 4.79 Å². The Balaban J connectivity index is 1.87. The first-order chi connectivity index (χ1) is 10.2. The molecule has 0 aliphatic heterocycles. The molecule has 0 radical (unpaired) electrons. The van der Waals surface area contributed by atoms with Gasteiger partial charge in [-0.05, 0) is 42.9 Å². The molecule has 1 unspecified atom stereocenters. The molecular weight excluding hydrogens is 280 g/mol. The summed E-state index contributed by atoms with van der Waals surface area (Å²) in [5.41, 5.74) is 7.96. The zero-order valence-electron chi connectivity index (χ0n) is 12.1. The summed E-state index contributed by atoms with van der Waals surface area (Å²) in [4.78, 5) is 13.2. The molecule has 3 N–H and O–H groups in total. The average Bonchev–Trinajstić information content (AvgIpc) is 2.53. The van der Waals surface area contributed by atoms with Crippen LogP contribution < -0.4 is 11.1 Å². The smallest absolute Gasteiger partial charge is 0.241 e. The Labute approximate surface area is 129 Å². The van der Waals surface area contributed by atoms with Gasteiger partial charge < -0.3 is 11.1 Å². The highest BCUT2D eigenvalue weighted by Crippen LogP contribution is 2.19. The molecule has 0 saturated heterocycles. The first-order valence-corrected chi connectivity index (χ1v) is 8.16. The Morgan fingerprint density at radius 3 is 2.67 bits per heavy atom. The fourth-order valence-corrected chi connectivity index (χ4v) is 2.49. The number of hydrogen-bond acceptors (Lipinski definition) is 3. The Morgan fingerprint density at radius 2 is 1.95 bits per heavy atom. The Bertz CT molecular complexity index is 586. The van der Waals surface area contributed by atoms with E-state index in [0.29, 0.717) is 6.42 Å². The summed E-state index contributed by atoms with van der Waals surface area (Å²) < 4.78 is 0. The van der Waals surface area contributed by atoms with Crippen molar-refractivity contribution in [2.75, 3.05) is 11.6 Å². The van der Waals surface area contributed by atoms with E-state index in [1.807, 2.05) is 60.9 Å². The highest BCUT2D eigenvalue weighted by Gasteiger charge is 2.13. The lowest BCUT2D eigenvalue weighted by Crippen LogP contribution is -2.36. The van der Waals surface area contributed by atoms with Crippen LogP contribution in [0.1, 0.15) is 12.0 Å². The molecule has 21 heavy (non-hydrogen) atoms. The van der Waals surface area contributed by atoms with E-state index in [0.717, 1.165) is 17.0 Å². The topological polar surface area (TPSA) is 55.1 Å². The summed E-state index contributed by atoms with van der Waals surface area (Å²) in [6, 6.07) is 17.3. The lowest BCUT2D eigenvalue weighted by atomic mass is 10.1. The number of anilines is 1. The lowest BCUT2D eigenvalue weighted by molar-refractivity contribution is -0.117. The van der Waals surface area contributed by atoms with Gasteiger partial charge in [0, 0.05) is 10.6 Å². The molecule has 2 aromatic rings. The van der Waals surface area contributed by atoms with E-state index in [4.69, 9.17) is 5.73 Å². The first-order valence-electron chi connectivity index (χ1n) is 6.93. The van der Waals surface area contributed by atoms with E-state index in [1.165, 1.54) is 5.56 Å². The SMILES string of the molecule is CSc1cccc(NC(=O)C(N)CCc2ccccc2)c1. The number of nitrogens with two attached hydrogens (primary N) is 1. The maximum absolute atomic E-state index is 12.1. The van der Waals surface area contributed by atoms with Crippen molar-refractivity contribution < 1.29 is 4.79 Å². The third kappa shape index (κ3) is 4.92. The second kappa shape index (κ2) is 7.86. The maximum Gasteiger partial charge on any atom is 0.241 e. The molecule has 1 amide bonds. The van der Waals surface area contributed by atoms with Gasteiger partial charge in [-0.2, -0.15) is 0 Å². The number of aryl methyl sites for hydroxylation is 1. The minimum atomic E-state index is -0.497. The number of rotatable bonds is 6. The van der Waals surface area contributed by atoms with Crippen molar-refractivity contribution in [3.63, 3.8) is 0 Å². The molecule has 1 atom stereocenters. The van der Waals surface area contributed by atoms with Crippen molar-refractivity contribution in [1.29, 1.82) is 0 Å². The van der Waals surface area contributed by atoms with Crippen LogP contribution in [-0.2, 0) is 11.2 Å². The number of carbonyl (C=O) groups excluding carboxylic acids is 1. The van der Waals surface area contributed by atoms with Crippen molar-refractivity contribution in [3.8, 4) is 0 Å². The summed E-state index contributed by atoms with van der Waals surface area (Å²) in [7, 11) is 0. The summed E-state index contributed by atoms with van der Waals surface area (Å²) >= 11 is 1.64. The van der Waals surface area contributed by atoms with Crippen molar-refractivity contribution in [2.45, 2.75) is 23.8 Å². The fourth-order valence-electron chi connectivity index (χ4n) is 2.03. The highest BCUT2D eigenvalue weighted by atomic mass is 32.2. The van der Waals surface area contributed by atoms with Crippen LogP contribution in [0.5, 0.6) is 0 Å². The van der Waals surface area contributed by atoms with Crippen molar-refractivity contribution >= 4 is 23.4 Å². The van der Waals surface area contributed by atoms with E-state index in [2.05, 4.69) is 5.32 Å². The Morgan fingerprint density at radius 1 is 1.19 bits per heavy atom. The van der Waals surface area contributed by atoms with Gasteiger partial charge in [0.25, 0.3) is 0 Å². The van der Waals surface area contributed by atoms with E-state index in [1.54, 1.807) is 11.8 Å². The van der Waals surface area contributed by atoms with Crippen molar-refractivity contribution in [2.24, 2.45) is 5.73 Å². The van der Waals surface area contributed by atoms with Crippen LogP contribution in [0.4, 0.5) is 5.69 Å². The Hall–Kier alpha value is -1.78. The minimum absolute atomic E-state index is 0.135. The van der Waals surface area contributed by atoms with Crippen LogP contribution >= 0.6 is 11.8 Å². The molecule has 0 saturated carbocycles. The Kier molecular flexibility index (Phi) is 5.84. The van der Waals surface area contributed by atoms with Crippen molar-refractivity contribution in [1.82, 2.24) is 0 Å². The average molecular weight is 300 g/mol. The van der Waals surface area contributed by atoms with Gasteiger partial charge in [0.15, 0.2) is 0 Å². The minimum Gasteiger partial charge on any atom is -0.325 e. The fraction of sp³-hybridized carbons (Fsp3) is 0.235. The predicted molar refractivity (Wildman–Crippen MR) is 89.6 cm³/mol. The molecule has 0 aromatic heterocycles. The molecular formula is C17H20N2OS. The van der Waals surface area contributed by atoms with Crippen molar-refractivity contribution in [3.05, 3.63) is 60.2 Å². The summed E-state index contributed by atoms with van der Waals surface area (Å²) in [6.45, 7) is 0. The standard InChI is InChI=1S/C17H20N2OS/c1-21-15-9-5-8-14(12-15)19-17(20)16(18)11-10-13-6-3-2-4-7-13/h2-9,12,16H,10-11,18H2,1H3,(H,19,20). The summed E-state index contributed by atoms with van der Waals surface area (Å²) in [5, 5.41) is 2.88. The number of nitrogens with one attached hydrogen (secondary N) is 1. The number of amides is 1.